The van der Waals surface area contributed by atoms with Crippen molar-refractivity contribution >= 4 is 78.8 Å². The van der Waals surface area contributed by atoms with Gasteiger partial charge in [0.2, 0.25) is 11.8 Å². The molecule has 0 radical (unpaired) electrons. The Bertz CT molecular complexity index is 2280. The maximum absolute atomic E-state index is 12.3. The molecule has 346 valence electrons. The van der Waals surface area contributed by atoms with Crippen LogP contribution in [0.5, 0.6) is 11.8 Å². The SMILES string of the molecule is C.COc1ncc(Br)cc1C1=Nc2cc(N3CCN(C(=O)OC(C)(C)C)CC3)ccc2C1.COc1ncc(Br)cc1C=O.Cc1ccc(N2CCN(C(=O)OC(C)(C)C)CC2)cc1N. The van der Waals surface area contributed by atoms with Gasteiger partial charge in [0.1, 0.15) is 11.2 Å². The monoisotopic (exact) mass is 1010 g/mol. The third-order valence-electron chi connectivity index (χ3n) is 10.0. The van der Waals surface area contributed by atoms with E-state index in [0.717, 1.165) is 81.1 Å². The molecule has 3 aliphatic heterocycles. The van der Waals surface area contributed by atoms with E-state index in [1.165, 1.54) is 12.7 Å². The van der Waals surface area contributed by atoms with Crippen LogP contribution in [0.2, 0.25) is 0 Å². The van der Waals surface area contributed by atoms with Crippen molar-refractivity contribution in [3.63, 3.8) is 0 Å². The van der Waals surface area contributed by atoms with Crippen molar-refractivity contribution in [3.05, 3.63) is 92.1 Å². The average molecular weight is 1010 g/mol. The zero-order chi connectivity index (χ0) is 46.1. The molecule has 17 heteroatoms. The molecule has 2 amide bonds. The first-order chi connectivity index (χ1) is 29.8. The van der Waals surface area contributed by atoms with Crippen LogP contribution in [0.25, 0.3) is 0 Å². The highest BCUT2D eigenvalue weighted by Gasteiger charge is 2.28. The minimum absolute atomic E-state index is 0. The van der Waals surface area contributed by atoms with Crippen LogP contribution in [-0.2, 0) is 15.9 Å². The number of pyridine rings is 2. The summed E-state index contributed by atoms with van der Waals surface area (Å²) < 4.78 is 22.8. The molecule has 2 fully saturated rings. The Morgan fingerprint density at radius 2 is 1.19 bits per heavy atom. The normalized spacial score (nSPS) is 14.6. The third-order valence-corrected chi connectivity index (χ3v) is 10.9. The van der Waals surface area contributed by atoms with Crippen LogP contribution in [0.4, 0.5) is 32.3 Å². The van der Waals surface area contributed by atoms with Gasteiger partial charge in [-0.2, -0.15) is 0 Å². The summed E-state index contributed by atoms with van der Waals surface area (Å²) in [6, 6.07) is 16.2. The summed E-state index contributed by atoms with van der Waals surface area (Å²) in [5.41, 5.74) is 13.6. The summed E-state index contributed by atoms with van der Waals surface area (Å²) in [5.74, 6) is 0.927. The molecular formula is C47H62Br2N8O7. The number of aliphatic imine (C=N–C) groups is 1. The number of nitrogens with two attached hydrogens (primary N) is 1. The van der Waals surface area contributed by atoms with Crippen molar-refractivity contribution in [2.24, 2.45) is 4.99 Å². The number of amides is 2. The van der Waals surface area contributed by atoms with Gasteiger partial charge in [0.25, 0.3) is 0 Å². The van der Waals surface area contributed by atoms with E-state index in [9.17, 15) is 14.4 Å². The van der Waals surface area contributed by atoms with Gasteiger partial charge in [-0.3, -0.25) is 9.79 Å². The molecule has 5 heterocycles. The van der Waals surface area contributed by atoms with E-state index in [1.54, 1.807) is 35.4 Å². The van der Waals surface area contributed by atoms with Gasteiger partial charge in [0, 0.05) is 97.2 Å². The molecule has 0 saturated carbocycles. The molecule has 2 N–H and O–H groups in total. The molecule has 0 bridgehead atoms. The lowest BCUT2D eigenvalue weighted by Gasteiger charge is -2.36. The number of aldehydes is 1. The summed E-state index contributed by atoms with van der Waals surface area (Å²) in [6.45, 7) is 19.1. The van der Waals surface area contributed by atoms with Crippen molar-refractivity contribution in [1.29, 1.82) is 0 Å². The lowest BCUT2D eigenvalue weighted by Crippen LogP contribution is -2.50. The van der Waals surface area contributed by atoms with Crippen LogP contribution >= 0.6 is 31.9 Å². The minimum Gasteiger partial charge on any atom is -0.481 e. The maximum Gasteiger partial charge on any atom is 0.410 e. The molecule has 2 aromatic carbocycles. The third kappa shape index (κ3) is 14.3. The number of hydrogen-bond donors (Lipinski definition) is 1. The van der Waals surface area contributed by atoms with Crippen molar-refractivity contribution in [2.45, 2.75) is 73.5 Å². The fourth-order valence-corrected chi connectivity index (χ4v) is 7.47. The Hall–Kier alpha value is -5.42. The fraction of sp³-hybridized carbons (Fsp3) is 0.447. The zero-order valence-corrected chi connectivity index (χ0v) is 40.7. The number of halogens is 2. The van der Waals surface area contributed by atoms with E-state index in [4.69, 9.17) is 29.7 Å². The Morgan fingerprint density at radius 1 is 0.703 bits per heavy atom. The Morgan fingerprint density at radius 3 is 1.67 bits per heavy atom. The molecule has 0 spiro atoms. The van der Waals surface area contributed by atoms with Crippen LogP contribution < -0.4 is 25.0 Å². The van der Waals surface area contributed by atoms with Gasteiger partial charge in [-0.25, -0.2) is 19.6 Å². The predicted molar refractivity (Wildman–Crippen MR) is 261 cm³/mol. The summed E-state index contributed by atoms with van der Waals surface area (Å²) in [4.78, 5) is 55.9. The predicted octanol–water partition coefficient (Wildman–Crippen LogP) is 9.52. The minimum atomic E-state index is -0.476. The quantitative estimate of drug-likeness (QED) is 0.144. The van der Waals surface area contributed by atoms with Crippen LogP contribution in [0, 0.1) is 6.92 Å². The molecule has 64 heavy (non-hydrogen) atoms. The molecule has 4 aromatic rings. The van der Waals surface area contributed by atoms with Crippen molar-refractivity contribution < 1.29 is 33.3 Å². The van der Waals surface area contributed by atoms with Crippen molar-refractivity contribution in [3.8, 4) is 11.8 Å². The first-order valence-corrected chi connectivity index (χ1v) is 22.2. The number of aromatic nitrogens is 2. The zero-order valence-electron chi connectivity index (χ0n) is 37.5. The van der Waals surface area contributed by atoms with Gasteiger partial charge < -0.3 is 44.3 Å². The molecule has 0 unspecified atom stereocenters. The summed E-state index contributed by atoms with van der Waals surface area (Å²) >= 11 is 6.68. The first-order valence-electron chi connectivity index (χ1n) is 20.6. The van der Waals surface area contributed by atoms with E-state index in [0.29, 0.717) is 49.8 Å². The molecule has 15 nitrogen and oxygen atoms in total. The van der Waals surface area contributed by atoms with Crippen LogP contribution in [-0.4, -0.2) is 122 Å². The lowest BCUT2D eigenvalue weighted by molar-refractivity contribution is 0.0230. The van der Waals surface area contributed by atoms with Gasteiger partial charge >= 0.3 is 12.2 Å². The second-order valence-electron chi connectivity index (χ2n) is 17.1. The largest absolute Gasteiger partial charge is 0.481 e. The van der Waals surface area contributed by atoms with Gasteiger partial charge in [-0.05, 0) is 128 Å². The number of benzene rings is 2. The molecule has 0 atom stereocenters. The topological polar surface area (TPSA) is 165 Å². The van der Waals surface area contributed by atoms with Crippen LogP contribution in [0.1, 0.15) is 76.0 Å². The van der Waals surface area contributed by atoms with Crippen LogP contribution in [0.3, 0.4) is 0 Å². The number of ether oxygens (including phenoxy) is 4. The van der Waals surface area contributed by atoms with E-state index in [2.05, 4.69) is 75.9 Å². The number of anilines is 3. The molecule has 7 rings (SSSR count). The number of carbonyl (C=O) groups is 3. The Kier molecular flexibility index (Phi) is 18.0. The smallest absolute Gasteiger partial charge is 0.410 e. The number of piperazine rings is 2. The Labute approximate surface area is 394 Å². The number of aryl methyl sites for hydroxylation is 1. The number of methoxy groups -OCH3 is 2. The van der Waals surface area contributed by atoms with Crippen molar-refractivity contribution in [1.82, 2.24) is 19.8 Å². The summed E-state index contributed by atoms with van der Waals surface area (Å²) in [5, 5.41) is 0. The van der Waals surface area contributed by atoms with Gasteiger partial charge in [0.15, 0.2) is 6.29 Å². The number of rotatable bonds is 6. The maximum atomic E-state index is 12.3. The van der Waals surface area contributed by atoms with E-state index in [1.807, 2.05) is 66.7 Å². The van der Waals surface area contributed by atoms with Gasteiger partial charge in [-0.15, -0.1) is 0 Å². The summed E-state index contributed by atoms with van der Waals surface area (Å²) in [6.07, 6.45) is 4.27. The van der Waals surface area contributed by atoms with Crippen LogP contribution in [0.15, 0.2) is 74.9 Å². The molecular weight excluding hydrogens is 948 g/mol. The van der Waals surface area contributed by atoms with E-state index >= 15 is 0 Å². The highest BCUT2D eigenvalue weighted by atomic mass is 79.9. The highest BCUT2D eigenvalue weighted by molar-refractivity contribution is 9.10. The van der Waals surface area contributed by atoms with Gasteiger partial charge in [-0.1, -0.05) is 19.6 Å². The number of nitrogens with zero attached hydrogens (tertiary/aromatic N) is 7. The average Bonchev–Trinajstić information content (AvgIpc) is 3.68. The number of fused-ring (bicyclic) bond motifs is 1. The first kappa shape index (κ1) is 51.2. The lowest BCUT2D eigenvalue weighted by atomic mass is 10.0. The molecule has 0 aliphatic carbocycles. The number of hydrogen-bond acceptors (Lipinski definition) is 13. The number of nitrogen functional groups attached to an aromatic ring is 1. The second kappa shape index (κ2) is 22.5. The summed E-state index contributed by atoms with van der Waals surface area (Å²) in [7, 11) is 3.10. The van der Waals surface area contributed by atoms with Crippen molar-refractivity contribution in [2.75, 3.05) is 82.1 Å². The molecule has 2 saturated heterocycles. The number of carbonyl (C=O) groups excluding carboxylic acids is 3. The fourth-order valence-electron chi connectivity index (χ4n) is 6.79. The van der Waals surface area contributed by atoms with E-state index in [-0.39, 0.29) is 19.6 Å². The van der Waals surface area contributed by atoms with E-state index < -0.39 is 11.2 Å². The standard InChI is InChI=1S/C23H27BrN4O3.C16H25N3O2.C7H6BrNO2.CH4/c1-23(2,3)31-22(29)28-9-7-27(8-10-28)17-6-5-15-11-20(26-19(15)13-17)18-12-16(24)14-25-21(18)30-4;1-12-5-6-13(11-14(12)17)18-7-9-19(10-8-18)15(20)21-16(2,3)4;1-11-7-5(4-10)2-6(8)3-9-7;/h5-6,12-14H,7-11H2,1-4H3;5-6,11H,7-10,17H2,1-4H3;2-4H,1H3;1H4. The molecule has 3 aliphatic rings. The second-order valence-corrected chi connectivity index (χ2v) is 18.9. The Balaban J connectivity index is 0.000000234. The molecule has 2 aromatic heterocycles. The van der Waals surface area contributed by atoms with Gasteiger partial charge in [0.05, 0.1) is 36.7 Å². The highest BCUT2D eigenvalue weighted by Crippen LogP contribution is 2.35.